The van der Waals surface area contributed by atoms with Gasteiger partial charge in [0.2, 0.25) is 5.91 Å². The zero-order valence-corrected chi connectivity index (χ0v) is 13.1. The lowest BCUT2D eigenvalue weighted by Gasteiger charge is -2.36. The lowest BCUT2D eigenvalue weighted by molar-refractivity contribution is -0.133. The normalized spacial score (nSPS) is 17.3. The van der Waals surface area contributed by atoms with Crippen LogP contribution < -0.4 is 5.73 Å². The molecule has 5 heteroatoms. The third kappa shape index (κ3) is 4.03. The predicted octanol–water partition coefficient (Wildman–Crippen LogP) is 3.22. The highest BCUT2D eigenvalue weighted by atomic mass is 19.1. The van der Waals surface area contributed by atoms with Crippen LogP contribution in [0.5, 0.6) is 0 Å². The highest BCUT2D eigenvalue weighted by molar-refractivity contribution is 5.76. The summed E-state index contributed by atoms with van der Waals surface area (Å²) in [7, 11) is 1.65. The van der Waals surface area contributed by atoms with Crippen molar-refractivity contribution in [1.82, 2.24) is 4.90 Å². The van der Waals surface area contributed by atoms with Gasteiger partial charge in [-0.1, -0.05) is 25.3 Å². The second-order valence-electron chi connectivity index (χ2n) is 6.43. The Bertz CT molecular complexity index is 527. The summed E-state index contributed by atoms with van der Waals surface area (Å²) in [4.78, 5) is 13.9. The van der Waals surface area contributed by atoms with Crippen LogP contribution in [-0.4, -0.2) is 24.4 Å². The third-order valence-corrected chi connectivity index (χ3v) is 4.72. The molecule has 1 aromatic carbocycles. The molecule has 2 rings (SSSR count). The van der Waals surface area contributed by atoms with Crippen LogP contribution >= 0.6 is 0 Å². The van der Waals surface area contributed by atoms with Crippen LogP contribution in [0.2, 0.25) is 0 Å². The Morgan fingerprint density at radius 3 is 2.55 bits per heavy atom. The van der Waals surface area contributed by atoms with E-state index in [1.807, 2.05) is 0 Å². The van der Waals surface area contributed by atoms with E-state index < -0.39 is 11.6 Å². The van der Waals surface area contributed by atoms with Gasteiger partial charge in [0.25, 0.3) is 0 Å². The first kappa shape index (κ1) is 16.9. The van der Waals surface area contributed by atoms with Gasteiger partial charge in [-0.25, -0.2) is 8.78 Å². The molecule has 0 heterocycles. The number of hydrogen-bond acceptors (Lipinski definition) is 2. The lowest BCUT2D eigenvalue weighted by atomic mass is 9.71. The number of carbonyl (C=O) groups excluding carboxylic acids is 1. The maximum Gasteiger partial charge on any atom is 0.223 e. The standard InChI is InChI=1S/C17H24F2N2O/c1-21(11-13-5-6-14(18)9-15(13)19)16(22)10-17(12-20)7-3-2-4-8-17/h5-6,9H,2-4,7-8,10-12,20H2,1H3. The topological polar surface area (TPSA) is 46.3 Å². The summed E-state index contributed by atoms with van der Waals surface area (Å²) in [6, 6.07) is 3.43. The Kier molecular flexibility index (Phi) is 5.51. The fourth-order valence-electron chi connectivity index (χ4n) is 3.20. The molecule has 1 aliphatic rings. The van der Waals surface area contributed by atoms with Crippen LogP contribution in [-0.2, 0) is 11.3 Å². The van der Waals surface area contributed by atoms with Crippen molar-refractivity contribution < 1.29 is 13.6 Å². The monoisotopic (exact) mass is 310 g/mol. The highest BCUT2D eigenvalue weighted by Gasteiger charge is 2.33. The quantitative estimate of drug-likeness (QED) is 0.907. The summed E-state index contributed by atoms with van der Waals surface area (Å²) in [5.41, 5.74) is 6.12. The molecule has 122 valence electrons. The van der Waals surface area contributed by atoms with E-state index in [9.17, 15) is 13.6 Å². The third-order valence-electron chi connectivity index (χ3n) is 4.72. The zero-order chi connectivity index (χ0) is 16.2. The minimum atomic E-state index is -0.620. The van der Waals surface area contributed by atoms with Crippen molar-refractivity contribution in [3.8, 4) is 0 Å². The molecule has 0 saturated heterocycles. The van der Waals surface area contributed by atoms with Gasteiger partial charge in [-0.3, -0.25) is 4.79 Å². The van der Waals surface area contributed by atoms with E-state index in [-0.39, 0.29) is 17.9 Å². The molecule has 3 nitrogen and oxygen atoms in total. The minimum absolute atomic E-state index is 0.0314. The molecule has 2 N–H and O–H groups in total. The van der Waals surface area contributed by atoms with E-state index in [1.54, 1.807) is 7.05 Å². The summed E-state index contributed by atoms with van der Waals surface area (Å²) in [5.74, 6) is -1.26. The van der Waals surface area contributed by atoms with Crippen LogP contribution in [0.15, 0.2) is 18.2 Å². The van der Waals surface area contributed by atoms with Crippen molar-refractivity contribution in [3.05, 3.63) is 35.4 Å². The number of carbonyl (C=O) groups is 1. The largest absolute Gasteiger partial charge is 0.341 e. The molecule has 0 spiro atoms. The number of halogens is 2. The molecule has 0 bridgehead atoms. The van der Waals surface area contributed by atoms with Crippen molar-refractivity contribution in [2.45, 2.75) is 45.1 Å². The number of benzene rings is 1. The molecule has 0 unspecified atom stereocenters. The molecule has 0 aliphatic heterocycles. The van der Waals surface area contributed by atoms with Gasteiger partial charge in [-0.15, -0.1) is 0 Å². The Hall–Kier alpha value is -1.49. The van der Waals surface area contributed by atoms with Gasteiger partial charge in [-0.2, -0.15) is 0 Å². The molecule has 0 atom stereocenters. The van der Waals surface area contributed by atoms with Crippen molar-refractivity contribution in [2.24, 2.45) is 11.1 Å². The zero-order valence-electron chi connectivity index (χ0n) is 13.1. The van der Waals surface area contributed by atoms with Crippen LogP contribution in [0.25, 0.3) is 0 Å². The van der Waals surface area contributed by atoms with E-state index in [2.05, 4.69) is 0 Å². The minimum Gasteiger partial charge on any atom is -0.341 e. The SMILES string of the molecule is CN(Cc1ccc(F)cc1F)C(=O)CC1(CN)CCCCC1. The second-order valence-corrected chi connectivity index (χ2v) is 6.43. The summed E-state index contributed by atoms with van der Waals surface area (Å²) in [6.07, 6.45) is 5.79. The van der Waals surface area contributed by atoms with E-state index in [0.717, 1.165) is 31.7 Å². The number of nitrogens with zero attached hydrogens (tertiary/aromatic N) is 1. The Balaban J connectivity index is 1.99. The molecule has 1 aromatic rings. The average molecular weight is 310 g/mol. The number of amides is 1. The first-order chi connectivity index (χ1) is 10.5. The van der Waals surface area contributed by atoms with Gasteiger partial charge in [0, 0.05) is 31.6 Å². The Morgan fingerprint density at radius 1 is 1.27 bits per heavy atom. The fourth-order valence-corrected chi connectivity index (χ4v) is 3.20. The first-order valence-electron chi connectivity index (χ1n) is 7.84. The molecular formula is C17H24F2N2O. The lowest BCUT2D eigenvalue weighted by Crippen LogP contribution is -2.39. The van der Waals surface area contributed by atoms with E-state index in [4.69, 9.17) is 5.73 Å². The van der Waals surface area contributed by atoms with Crippen molar-refractivity contribution in [3.63, 3.8) is 0 Å². The average Bonchev–Trinajstić information content (AvgIpc) is 2.51. The molecule has 0 aromatic heterocycles. The highest BCUT2D eigenvalue weighted by Crippen LogP contribution is 2.38. The van der Waals surface area contributed by atoms with E-state index in [1.165, 1.54) is 23.5 Å². The molecule has 1 saturated carbocycles. The van der Waals surface area contributed by atoms with Gasteiger partial charge in [0.15, 0.2) is 0 Å². The fraction of sp³-hybridized carbons (Fsp3) is 0.588. The number of hydrogen-bond donors (Lipinski definition) is 1. The van der Waals surface area contributed by atoms with Gasteiger partial charge >= 0.3 is 0 Å². The summed E-state index contributed by atoms with van der Waals surface area (Å²) >= 11 is 0. The smallest absolute Gasteiger partial charge is 0.223 e. The summed E-state index contributed by atoms with van der Waals surface area (Å²) in [5, 5.41) is 0. The van der Waals surface area contributed by atoms with Crippen molar-refractivity contribution in [1.29, 1.82) is 0 Å². The Morgan fingerprint density at radius 2 is 1.95 bits per heavy atom. The Labute approximate surface area is 130 Å². The van der Waals surface area contributed by atoms with Gasteiger partial charge in [-0.05, 0) is 30.9 Å². The first-order valence-corrected chi connectivity index (χ1v) is 7.84. The maximum absolute atomic E-state index is 13.7. The molecule has 1 amide bonds. The van der Waals surface area contributed by atoms with Gasteiger partial charge in [0.1, 0.15) is 11.6 Å². The van der Waals surface area contributed by atoms with Crippen LogP contribution in [0, 0.1) is 17.0 Å². The van der Waals surface area contributed by atoms with Crippen molar-refractivity contribution >= 4 is 5.91 Å². The van der Waals surface area contributed by atoms with Crippen LogP contribution in [0.1, 0.15) is 44.1 Å². The summed E-state index contributed by atoms with van der Waals surface area (Å²) in [6.45, 7) is 0.656. The summed E-state index contributed by atoms with van der Waals surface area (Å²) < 4.78 is 26.6. The van der Waals surface area contributed by atoms with Gasteiger partial charge < -0.3 is 10.6 Å². The molecular weight excluding hydrogens is 286 g/mol. The molecule has 22 heavy (non-hydrogen) atoms. The molecule has 0 radical (unpaired) electrons. The van der Waals surface area contributed by atoms with Crippen LogP contribution in [0.4, 0.5) is 8.78 Å². The number of rotatable bonds is 5. The molecule has 1 aliphatic carbocycles. The van der Waals surface area contributed by atoms with E-state index in [0.29, 0.717) is 18.5 Å². The predicted molar refractivity (Wildman–Crippen MR) is 82.0 cm³/mol. The van der Waals surface area contributed by atoms with Gasteiger partial charge in [0.05, 0.1) is 0 Å². The van der Waals surface area contributed by atoms with Crippen LogP contribution in [0.3, 0.4) is 0 Å². The molecule has 1 fully saturated rings. The second kappa shape index (κ2) is 7.18. The van der Waals surface area contributed by atoms with E-state index >= 15 is 0 Å². The maximum atomic E-state index is 13.7. The number of nitrogens with two attached hydrogens (primary N) is 1. The van der Waals surface area contributed by atoms with Crippen molar-refractivity contribution in [2.75, 3.05) is 13.6 Å².